The van der Waals surface area contributed by atoms with Crippen LogP contribution in [0.15, 0.2) is 36.8 Å². The van der Waals surface area contributed by atoms with Crippen molar-refractivity contribution in [1.82, 2.24) is 14.5 Å². The molecule has 22 heavy (non-hydrogen) atoms. The highest BCUT2D eigenvalue weighted by molar-refractivity contribution is 6.31. The highest BCUT2D eigenvalue weighted by Crippen LogP contribution is 2.24. The third-order valence-corrected chi connectivity index (χ3v) is 3.70. The fourth-order valence-corrected chi connectivity index (χ4v) is 2.37. The Kier molecular flexibility index (Phi) is 3.64. The second-order valence-electron chi connectivity index (χ2n) is 4.77. The van der Waals surface area contributed by atoms with E-state index in [0.717, 1.165) is 11.0 Å². The molecule has 3 aromatic rings. The summed E-state index contributed by atoms with van der Waals surface area (Å²) in [6.07, 6.45) is 3.39. The van der Waals surface area contributed by atoms with Crippen LogP contribution in [0.3, 0.4) is 0 Å². The molecule has 112 valence electrons. The van der Waals surface area contributed by atoms with Crippen LogP contribution in [0.5, 0.6) is 0 Å². The lowest BCUT2D eigenvalue weighted by Crippen LogP contribution is -2.03. The molecule has 2 aromatic heterocycles. The second kappa shape index (κ2) is 5.61. The van der Waals surface area contributed by atoms with Gasteiger partial charge in [0.25, 0.3) is 5.69 Å². The maximum atomic E-state index is 10.8. The Labute approximate surface area is 130 Å². The first kappa shape index (κ1) is 14.3. The standard InChI is InChI=1S/C14H12ClN5O2/c1-19-8-18-13-12(19)4-5-16-14(13)17-7-9-6-10(20(21)22)2-3-11(9)15/h2-6,8H,7H2,1H3,(H,16,17). The molecule has 2 heterocycles. The summed E-state index contributed by atoms with van der Waals surface area (Å²) in [6.45, 7) is 0.323. The van der Waals surface area contributed by atoms with Crippen molar-refractivity contribution in [3.05, 3.63) is 57.5 Å². The van der Waals surface area contributed by atoms with Gasteiger partial charge in [0, 0.05) is 36.9 Å². The number of hydrogen-bond acceptors (Lipinski definition) is 5. The number of nitro benzene ring substituents is 1. The van der Waals surface area contributed by atoms with Crippen molar-refractivity contribution in [1.29, 1.82) is 0 Å². The fourth-order valence-electron chi connectivity index (χ4n) is 2.18. The molecule has 0 fully saturated rings. The molecular formula is C14H12ClN5O2. The molecule has 1 aromatic carbocycles. The van der Waals surface area contributed by atoms with Crippen LogP contribution in [0.25, 0.3) is 11.0 Å². The Balaban J connectivity index is 1.88. The van der Waals surface area contributed by atoms with E-state index in [1.54, 1.807) is 12.5 Å². The van der Waals surface area contributed by atoms with Gasteiger partial charge in [-0.2, -0.15) is 0 Å². The fraction of sp³-hybridized carbons (Fsp3) is 0.143. The molecular weight excluding hydrogens is 306 g/mol. The number of benzene rings is 1. The second-order valence-corrected chi connectivity index (χ2v) is 5.18. The van der Waals surface area contributed by atoms with Crippen molar-refractivity contribution < 1.29 is 4.92 Å². The number of halogens is 1. The number of nitro groups is 1. The summed E-state index contributed by atoms with van der Waals surface area (Å²) < 4.78 is 1.89. The van der Waals surface area contributed by atoms with Crippen LogP contribution in [-0.4, -0.2) is 19.5 Å². The first-order valence-electron chi connectivity index (χ1n) is 6.49. The average molecular weight is 318 g/mol. The number of non-ortho nitro benzene ring substituents is 1. The summed E-state index contributed by atoms with van der Waals surface area (Å²) in [7, 11) is 1.90. The van der Waals surface area contributed by atoms with E-state index in [0.29, 0.717) is 22.9 Å². The molecule has 0 radical (unpaired) electrons. The molecule has 0 aliphatic heterocycles. The molecule has 0 saturated heterocycles. The topological polar surface area (TPSA) is 85.9 Å². The number of anilines is 1. The number of fused-ring (bicyclic) bond motifs is 1. The Hall–Kier alpha value is -2.67. The summed E-state index contributed by atoms with van der Waals surface area (Å²) in [4.78, 5) is 18.9. The van der Waals surface area contributed by atoms with Crippen LogP contribution in [0.4, 0.5) is 11.5 Å². The molecule has 3 rings (SSSR count). The number of imidazole rings is 1. The zero-order valence-corrected chi connectivity index (χ0v) is 12.4. The lowest BCUT2D eigenvalue weighted by molar-refractivity contribution is -0.384. The van der Waals surface area contributed by atoms with E-state index in [2.05, 4.69) is 15.3 Å². The van der Waals surface area contributed by atoms with Crippen molar-refractivity contribution in [3.63, 3.8) is 0 Å². The highest BCUT2D eigenvalue weighted by atomic mass is 35.5. The van der Waals surface area contributed by atoms with Gasteiger partial charge in [-0.05, 0) is 17.7 Å². The van der Waals surface area contributed by atoms with Crippen LogP contribution in [0, 0.1) is 10.1 Å². The lowest BCUT2D eigenvalue weighted by atomic mass is 10.2. The monoisotopic (exact) mass is 317 g/mol. The van der Waals surface area contributed by atoms with E-state index in [1.165, 1.54) is 18.2 Å². The summed E-state index contributed by atoms with van der Waals surface area (Å²) in [5.74, 6) is 0.612. The van der Waals surface area contributed by atoms with Crippen LogP contribution < -0.4 is 5.32 Å². The maximum Gasteiger partial charge on any atom is 0.269 e. The minimum absolute atomic E-state index is 0.00482. The number of nitrogens with one attached hydrogen (secondary N) is 1. The summed E-state index contributed by atoms with van der Waals surface area (Å²) in [5.41, 5.74) is 2.32. The van der Waals surface area contributed by atoms with Gasteiger partial charge >= 0.3 is 0 Å². The maximum absolute atomic E-state index is 10.8. The quantitative estimate of drug-likeness (QED) is 0.590. The summed E-state index contributed by atoms with van der Waals surface area (Å²) in [6, 6.07) is 6.22. The molecule has 0 bridgehead atoms. The molecule has 0 aliphatic rings. The predicted octanol–water partition coefficient (Wildman–Crippen LogP) is 3.14. The minimum atomic E-state index is -0.447. The van der Waals surface area contributed by atoms with Gasteiger partial charge in [0.2, 0.25) is 0 Å². The summed E-state index contributed by atoms with van der Waals surface area (Å²) >= 11 is 6.09. The average Bonchev–Trinajstić information content (AvgIpc) is 2.88. The molecule has 0 amide bonds. The van der Waals surface area contributed by atoms with Gasteiger partial charge in [-0.1, -0.05) is 11.6 Å². The van der Waals surface area contributed by atoms with E-state index in [-0.39, 0.29) is 5.69 Å². The number of rotatable bonds is 4. The van der Waals surface area contributed by atoms with Crippen molar-refractivity contribution in [2.24, 2.45) is 7.05 Å². The van der Waals surface area contributed by atoms with Crippen molar-refractivity contribution >= 4 is 34.1 Å². The van der Waals surface area contributed by atoms with Crippen molar-refractivity contribution in [2.75, 3.05) is 5.32 Å². The molecule has 0 spiro atoms. The number of aryl methyl sites for hydroxylation is 1. The first-order valence-corrected chi connectivity index (χ1v) is 6.87. The third kappa shape index (κ3) is 2.58. The van der Waals surface area contributed by atoms with Gasteiger partial charge < -0.3 is 9.88 Å². The largest absolute Gasteiger partial charge is 0.364 e. The Morgan fingerprint density at radius 3 is 2.95 bits per heavy atom. The molecule has 1 N–H and O–H groups in total. The molecule has 8 heteroatoms. The first-order chi connectivity index (χ1) is 10.6. The SMILES string of the molecule is Cn1cnc2c(NCc3cc([N+](=O)[O-])ccc3Cl)nccc21. The van der Waals surface area contributed by atoms with E-state index in [4.69, 9.17) is 11.6 Å². The zero-order valence-electron chi connectivity index (χ0n) is 11.7. The molecule has 0 saturated carbocycles. The van der Waals surface area contributed by atoms with Crippen LogP contribution in [-0.2, 0) is 13.6 Å². The number of pyridine rings is 1. The van der Waals surface area contributed by atoms with Crippen LogP contribution in [0.2, 0.25) is 5.02 Å². The highest BCUT2D eigenvalue weighted by Gasteiger charge is 2.11. The van der Waals surface area contributed by atoms with E-state index in [1.807, 2.05) is 17.7 Å². The Morgan fingerprint density at radius 2 is 2.18 bits per heavy atom. The van der Waals surface area contributed by atoms with E-state index in [9.17, 15) is 10.1 Å². The number of nitrogens with zero attached hydrogens (tertiary/aromatic N) is 4. The minimum Gasteiger partial charge on any atom is -0.364 e. The third-order valence-electron chi connectivity index (χ3n) is 3.33. The lowest BCUT2D eigenvalue weighted by Gasteiger charge is -2.08. The normalized spacial score (nSPS) is 10.8. The molecule has 7 nitrogen and oxygen atoms in total. The van der Waals surface area contributed by atoms with Gasteiger partial charge in [0.05, 0.1) is 16.8 Å². The van der Waals surface area contributed by atoms with Crippen LogP contribution in [0.1, 0.15) is 5.56 Å². The Bertz CT molecular complexity index is 862. The van der Waals surface area contributed by atoms with Gasteiger partial charge in [-0.3, -0.25) is 10.1 Å². The number of hydrogen-bond donors (Lipinski definition) is 1. The van der Waals surface area contributed by atoms with Gasteiger partial charge in [-0.15, -0.1) is 0 Å². The molecule has 0 aliphatic carbocycles. The molecule has 0 atom stereocenters. The van der Waals surface area contributed by atoms with Crippen LogP contribution >= 0.6 is 11.6 Å². The number of aromatic nitrogens is 3. The van der Waals surface area contributed by atoms with Gasteiger partial charge in [0.1, 0.15) is 5.52 Å². The molecule has 0 unspecified atom stereocenters. The Morgan fingerprint density at radius 1 is 1.36 bits per heavy atom. The zero-order chi connectivity index (χ0) is 15.7. The van der Waals surface area contributed by atoms with Crippen molar-refractivity contribution in [3.8, 4) is 0 Å². The summed E-state index contributed by atoms with van der Waals surface area (Å²) in [5, 5.41) is 14.4. The smallest absolute Gasteiger partial charge is 0.269 e. The van der Waals surface area contributed by atoms with Crippen molar-refractivity contribution in [2.45, 2.75) is 6.54 Å². The predicted molar refractivity (Wildman–Crippen MR) is 83.9 cm³/mol. The van der Waals surface area contributed by atoms with Gasteiger partial charge in [-0.25, -0.2) is 9.97 Å². The van der Waals surface area contributed by atoms with Gasteiger partial charge in [0.15, 0.2) is 5.82 Å². The van der Waals surface area contributed by atoms with E-state index >= 15 is 0 Å². The van der Waals surface area contributed by atoms with E-state index < -0.39 is 4.92 Å².